The molecule has 0 bridgehead atoms. The van der Waals surface area contributed by atoms with E-state index in [0.29, 0.717) is 0 Å². The predicted molar refractivity (Wildman–Crippen MR) is 84.6 cm³/mol. The number of aromatic nitrogens is 4. The van der Waals surface area contributed by atoms with Gasteiger partial charge in [0.05, 0.1) is 16.2 Å². The summed E-state index contributed by atoms with van der Waals surface area (Å²) in [5.74, 6) is -1.74. The molecular weight excluding hydrogens is 368 g/mol. The second kappa shape index (κ2) is 6.12. The van der Waals surface area contributed by atoms with E-state index in [4.69, 9.17) is 4.55 Å². The number of rotatable bonds is 4. The SMILES string of the molecule is Cc1nc2ncnn2c(O)c1/N=N/c1ccc(S(=O)(=O)O)cc1C(=O)O. The first-order valence-corrected chi connectivity index (χ1v) is 8.28. The Morgan fingerprint density at radius 3 is 2.65 bits per heavy atom. The van der Waals surface area contributed by atoms with Gasteiger partial charge in [-0.25, -0.2) is 9.78 Å². The summed E-state index contributed by atoms with van der Waals surface area (Å²) in [5, 5.41) is 30.7. The van der Waals surface area contributed by atoms with Crippen molar-refractivity contribution in [2.24, 2.45) is 10.2 Å². The van der Waals surface area contributed by atoms with E-state index in [2.05, 4.69) is 25.3 Å². The van der Waals surface area contributed by atoms with E-state index in [1.807, 2.05) is 0 Å². The zero-order valence-electron chi connectivity index (χ0n) is 13.0. The maximum Gasteiger partial charge on any atom is 0.338 e. The van der Waals surface area contributed by atoms with E-state index in [0.717, 1.165) is 22.7 Å². The van der Waals surface area contributed by atoms with Gasteiger partial charge in [-0.1, -0.05) is 0 Å². The Kier molecular flexibility index (Phi) is 4.09. The van der Waals surface area contributed by atoms with Gasteiger partial charge in [-0.15, -0.1) is 10.2 Å². The van der Waals surface area contributed by atoms with Gasteiger partial charge in [0.25, 0.3) is 15.9 Å². The number of aromatic hydroxyl groups is 1. The second-order valence-corrected chi connectivity index (χ2v) is 6.42. The summed E-state index contributed by atoms with van der Waals surface area (Å²) in [4.78, 5) is 18.6. The summed E-state index contributed by atoms with van der Waals surface area (Å²) in [6.45, 7) is 1.53. The number of carboxylic acid groups (broad SMARTS) is 1. The van der Waals surface area contributed by atoms with Gasteiger partial charge in [0.15, 0.2) is 5.69 Å². The predicted octanol–water partition coefficient (Wildman–Crippen LogP) is 1.50. The number of azo groups is 1. The van der Waals surface area contributed by atoms with Crippen LogP contribution in [0.2, 0.25) is 0 Å². The molecule has 0 aliphatic carbocycles. The van der Waals surface area contributed by atoms with Gasteiger partial charge in [0, 0.05) is 0 Å². The van der Waals surface area contributed by atoms with Crippen LogP contribution in [0.1, 0.15) is 16.1 Å². The molecule has 12 nitrogen and oxygen atoms in total. The molecule has 0 aliphatic rings. The molecule has 3 aromatic rings. The Balaban J connectivity index is 2.10. The van der Waals surface area contributed by atoms with Gasteiger partial charge in [0.1, 0.15) is 12.0 Å². The van der Waals surface area contributed by atoms with Crippen molar-refractivity contribution < 1.29 is 28.0 Å². The smallest absolute Gasteiger partial charge is 0.338 e. The molecule has 13 heteroatoms. The molecule has 0 aliphatic heterocycles. The fourth-order valence-electron chi connectivity index (χ4n) is 2.08. The van der Waals surface area contributed by atoms with E-state index < -0.39 is 32.4 Å². The van der Waals surface area contributed by atoms with Crippen molar-refractivity contribution in [2.75, 3.05) is 0 Å². The molecule has 3 N–H and O–H groups in total. The number of carboxylic acids is 1. The lowest BCUT2D eigenvalue weighted by molar-refractivity contribution is 0.0697. The van der Waals surface area contributed by atoms with Crippen molar-refractivity contribution in [3.8, 4) is 5.88 Å². The molecule has 0 unspecified atom stereocenters. The molecule has 0 saturated carbocycles. The van der Waals surface area contributed by atoms with Crippen LogP contribution in [0.25, 0.3) is 5.78 Å². The van der Waals surface area contributed by atoms with E-state index >= 15 is 0 Å². The Morgan fingerprint density at radius 2 is 2.00 bits per heavy atom. The largest absolute Gasteiger partial charge is 0.492 e. The van der Waals surface area contributed by atoms with Crippen LogP contribution in [0.4, 0.5) is 11.4 Å². The first-order valence-electron chi connectivity index (χ1n) is 6.84. The van der Waals surface area contributed by atoms with Crippen molar-refractivity contribution in [1.29, 1.82) is 0 Å². The van der Waals surface area contributed by atoms with E-state index in [1.54, 1.807) is 0 Å². The number of aryl methyl sites for hydroxylation is 1. The summed E-state index contributed by atoms with van der Waals surface area (Å²) < 4.78 is 32.3. The number of fused-ring (bicyclic) bond motifs is 1. The molecule has 134 valence electrons. The fraction of sp³-hybridized carbons (Fsp3) is 0.0769. The minimum absolute atomic E-state index is 0.0711. The average Bonchev–Trinajstić information content (AvgIpc) is 3.02. The van der Waals surface area contributed by atoms with Crippen LogP contribution in [0.15, 0.2) is 39.7 Å². The summed E-state index contributed by atoms with van der Waals surface area (Å²) in [6, 6.07) is 2.78. The number of carbonyl (C=O) groups is 1. The minimum atomic E-state index is -4.58. The number of nitrogens with zero attached hydrogens (tertiary/aromatic N) is 6. The summed E-state index contributed by atoms with van der Waals surface area (Å²) in [5.41, 5.74) is -0.505. The summed E-state index contributed by atoms with van der Waals surface area (Å²) in [7, 11) is -4.58. The molecule has 0 fully saturated rings. The fourth-order valence-corrected chi connectivity index (χ4v) is 2.59. The molecule has 0 atom stereocenters. The third-order valence-corrected chi connectivity index (χ3v) is 4.16. The lowest BCUT2D eigenvalue weighted by Gasteiger charge is -2.05. The molecule has 0 amide bonds. The molecule has 3 rings (SSSR count). The molecule has 2 heterocycles. The molecule has 0 saturated heterocycles. The third-order valence-electron chi connectivity index (χ3n) is 3.31. The average molecular weight is 378 g/mol. The highest BCUT2D eigenvalue weighted by atomic mass is 32.2. The maximum absolute atomic E-state index is 11.3. The summed E-state index contributed by atoms with van der Waals surface area (Å²) >= 11 is 0. The summed E-state index contributed by atoms with van der Waals surface area (Å²) in [6.07, 6.45) is 1.18. The first kappa shape index (κ1) is 17.4. The van der Waals surface area contributed by atoms with Crippen molar-refractivity contribution in [3.05, 3.63) is 35.8 Å². The van der Waals surface area contributed by atoms with Gasteiger partial charge < -0.3 is 10.2 Å². The first-order chi connectivity index (χ1) is 12.2. The third kappa shape index (κ3) is 3.07. The van der Waals surface area contributed by atoms with E-state index in [1.165, 1.54) is 13.3 Å². The van der Waals surface area contributed by atoms with E-state index in [9.17, 15) is 23.4 Å². The molecule has 2 aromatic heterocycles. The van der Waals surface area contributed by atoms with Crippen molar-refractivity contribution in [2.45, 2.75) is 11.8 Å². The van der Waals surface area contributed by atoms with Crippen LogP contribution in [-0.2, 0) is 10.1 Å². The van der Waals surface area contributed by atoms with Crippen molar-refractivity contribution >= 4 is 33.2 Å². The Hall–Kier alpha value is -3.45. The van der Waals surface area contributed by atoms with Crippen LogP contribution in [0.3, 0.4) is 0 Å². The zero-order chi connectivity index (χ0) is 19.1. The topological polar surface area (TPSA) is 180 Å². The lowest BCUT2D eigenvalue weighted by Crippen LogP contribution is -2.02. The molecule has 0 radical (unpaired) electrons. The normalized spacial score (nSPS) is 12.1. The van der Waals surface area contributed by atoms with E-state index in [-0.39, 0.29) is 22.8 Å². The molecular formula is C13H10N6O6S. The minimum Gasteiger partial charge on any atom is -0.492 e. The van der Waals surface area contributed by atoms with Gasteiger partial charge in [-0.05, 0) is 25.1 Å². The Bertz CT molecular complexity index is 1170. The van der Waals surface area contributed by atoms with Crippen molar-refractivity contribution in [3.63, 3.8) is 0 Å². The van der Waals surface area contributed by atoms with Gasteiger partial charge >= 0.3 is 5.97 Å². The molecule has 0 spiro atoms. The van der Waals surface area contributed by atoms with Gasteiger partial charge in [-0.3, -0.25) is 4.55 Å². The number of hydrogen-bond donors (Lipinski definition) is 3. The number of aromatic carboxylic acids is 1. The van der Waals surface area contributed by atoms with Crippen LogP contribution in [0, 0.1) is 6.92 Å². The van der Waals surface area contributed by atoms with Crippen molar-refractivity contribution in [1.82, 2.24) is 19.6 Å². The maximum atomic E-state index is 11.3. The van der Waals surface area contributed by atoms with Crippen LogP contribution < -0.4 is 0 Å². The lowest BCUT2D eigenvalue weighted by atomic mass is 10.2. The number of hydrogen-bond acceptors (Lipinski definition) is 9. The highest BCUT2D eigenvalue weighted by molar-refractivity contribution is 7.85. The Morgan fingerprint density at radius 1 is 1.27 bits per heavy atom. The highest BCUT2D eigenvalue weighted by Gasteiger charge is 2.18. The van der Waals surface area contributed by atoms with Gasteiger partial charge in [0.2, 0.25) is 5.88 Å². The Labute approximate surface area is 145 Å². The van der Waals surface area contributed by atoms with Crippen LogP contribution >= 0.6 is 0 Å². The highest BCUT2D eigenvalue weighted by Crippen LogP contribution is 2.32. The monoisotopic (exact) mass is 378 g/mol. The number of benzene rings is 1. The van der Waals surface area contributed by atoms with Gasteiger partial charge in [-0.2, -0.15) is 23.0 Å². The second-order valence-electron chi connectivity index (χ2n) is 5.00. The van der Waals surface area contributed by atoms with Crippen LogP contribution in [0.5, 0.6) is 5.88 Å². The standard InChI is InChI=1S/C13H10N6O6S/c1-6-10(11(20)19-13(16-6)14-5-15-19)18-17-9-3-2-7(26(23,24)25)4-8(9)12(21)22/h2-5,20H,1H3,(H,21,22)(H,23,24,25)/b18-17+. The molecule has 26 heavy (non-hydrogen) atoms. The van der Waals surface area contributed by atoms with Crippen LogP contribution in [-0.4, -0.2) is 48.7 Å². The molecule has 1 aromatic carbocycles. The quantitative estimate of drug-likeness (QED) is 0.447. The zero-order valence-corrected chi connectivity index (χ0v) is 13.8.